The van der Waals surface area contributed by atoms with E-state index in [1.54, 1.807) is 6.07 Å². The zero-order valence-corrected chi connectivity index (χ0v) is 10.9. The highest BCUT2D eigenvalue weighted by molar-refractivity contribution is 5.92. The van der Waals surface area contributed by atoms with Gasteiger partial charge in [0.15, 0.2) is 0 Å². The summed E-state index contributed by atoms with van der Waals surface area (Å²) < 4.78 is 0. The number of hydrogen-bond donors (Lipinski definition) is 1. The van der Waals surface area contributed by atoms with Gasteiger partial charge in [-0.05, 0) is 6.07 Å². The normalized spacial score (nSPS) is 15.9. The highest BCUT2D eigenvalue weighted by atomic mass is 16.6. The first-order valence-corrected chi connectivity index (χ1v) is 6.33. The third kappa shape index (κ3) is 3.86. The van der Waals surface area contributed by atoms with Crippen molar-refractivity contribution in [1.29, 1.82) is 0 Å². The SMILES string of the molecule is O=C1CCN(CC(=O)Nc2cccc([N+](=O)[O-])c2)CC1. The number of nitrogens with zero attached hydrogens (tertiary/aromatic N) is 2. The number of likely N-dealkylation sites (tertiary alicyclic amines) is 1. The molecule has 7 nitrogen and oxygen atoms in total. The van der Waals surface area contributed by atoms with Crippen molar-refractivity contribution in [2.24, 2.45) is 0 Å². The van der Waals surface area contributed by atoms with Crippen molar-refractivity contribution in [2.45, 2.75) is 12.8 Å². The Bertz CT molecular complexity index is 534. The minimum atomic E-state index is -0.508. The predicted molar refractivity (Wildman–Crippen MR) is 72.4 cm³/mol. The summed E-state index contributed by atoms with van der Waals surface area (Å²) in [5.74, 6) is -0.0137. The van der Waals surface area contributed by atoms with Crippen LogP contribution in [0.5, 0.6) is 0 Å². The number of piperidine rings is 1. The summed E-state index contributed by atoms with van der Waals surface area (Å²) in [6.07, 6.45) is 0.953. The van der Waals surface area contributed by atoms with Crippen molar-refractivity contribution >= 4 is 23.1 Å². The van der Waals surface area contributed by atoms with Gasteiger partial charge in [-0.2, -0.15) is 0 Å². The van der Waals surface area contributed by atoms with E-state index < -0.39 is 4.92 Å². The van der Waals surface area contributed by atoms with E-state index in [2.05, 4.69) is 5.32 Å². The molecule has 7 heteroatoms. The second kappa shape index (κ2) is 6.25. The van der Waals surface area contributed by atoms with Crippen LogP contribution in [0.3, 0.4) is 0 Å². The average molecular weight is 277 g/mol. The lowest BCUT2D eigenvalue weighted by atomic mass is 10.1. The Balaban J connectivity index is 1.89. The van der Waals surface area contributed by atoms with Crippen LogP contribution in [0.15, 0.2) is 24.3 Å². The molecule has 0 radical (unpaired) electrons. The smallest absolute Gasteiger partial charge is 0.271 e. The molecule has 1 aliphatic rings. The number of nitrogens with one attached hydrogen (secondary N) is 1. The van der Waals surface area contributed by atoms with E-state index in [1.807, 2.05) is 4.90 Å². The molecular weight excluding hydrogens is 262 g/mol. The number of Topliss-reactive ketones (excluding diaryl/α,β-unsaturated/α-hetero) is 1. The summed E-state index contributed by atoms with van der Waals surface area (Å²) in [6, 6.07) is 5.81. The van der Waals surface area contributed by atoms with Crippen molar-refractivity contribution in [3.05, 3.63) is 34.4 Å². The Labute approximate surface area is 115 Å². The summed E-state index contributed by atoms with van der Waals surface area (Å²) in [7, 11) is 0. The number of carbonyl (C=O) groups excluding carboxylic acids is 2. The first-order chi connectivity index (χ1) is 9.54. The molecule has 1 aromatic carbocycles. The van der Waals surface area contributed by atoms with E-state index in [0.717, 1.165) is 0 Å². The number of carbonyl (C=O) groups is 2. The number of amides is 1. The monoisotopic (exact) mass is 277 g/mol. The van der Waals surface area contributed by atoms with Crippen molar-refractivity contribution < 1.29 is 14.5 Å². The topological polar surface area (TPSA) is 92.6 Å². The Morgan fingerprint density at radius 2 is 2.05 bits per heavy atom. The van der Waals surface area contributed by atoms with Gasteiger partial charge < -0.3 is 5.32 Å². The van der Waals surface area contributed by atoms with Gasteiger partial charge in [-0.1, -0.05) is 6.07 Å². The molecular formula is C13H15N3O4. The van der Waals surface area contributed by atoms with Crippen LogP contribution in [-0.4, -0.2) is 41.1 Å². The van der Waals surface area contributed by atoms with E-state index in [4.69, 9.17) is 0 Å². The van der Waals surface area contributed by atoms with Crippen LogP contribution in [0.4, 0.5) is 11.4 Å². The number of ketones is 1. The molecule has 0 unspecified atom stereocenters. The van der Waals surface area contributed by atoms with E-state index in [0.29, 0.717) is 31.6 Å². The minimum absolute atomic E-state index is 0.0635. The van der Waals surface area contributed by atoms with Crippen molar-refractivity contribution in [1.82, 2.24) is 4.90 Å². The molecule has 0 saturated carbocycles. The minimum Gasteiger partial charge on any atom is -0.325 e. The molecule has 1 heterocycles. The zero-order chi connectivity index (χ0) is 14.5. The molecule has 1 amide bonds. The maximum atomic E-state index is 11.8. The van der Waals surface area contributed by atoms with Gasteiger partial charge in [-0.25, -0.2) is 0 Å². The van der Waals surface area contributed by atoms with Crippen LogP contribution in [-0.2, 0) is 9.59 Å². The largest absolute Gasteiger partial charge is 0.325 e. The van der Waals surface area contributed by atoms with Gasteiger partial charge in [0.2, 0.25) is 5.91 Å². The summed E-state index contributed by atoms with van der Waals surface area (Å²) in [4.78, 5) is 35.0. The number of benzene rings is 1. The Hall–Kier alpha value is -2.28. The van der Waals surface area contributed by atoms with Crippen molar-refractivity contribution in [3.63, 3.8) is 0 Å². The zero-order valence-electron chi connectivity index (χ0n) is 10.9. The maximum Gasteiger partial charge on any atom is 0.271 e. The standard InChI is InChI=1S/C13H15N3O4/c17-12-4-6-15(7-5-12)9-13(18)14-10-2-1-3-11(8-10)16(19)20/h1-3,8H,4-7,9H2,(H,14,18). The first-order valence-electron chi connectivity index (χ1n) is 6.33. The van der Waals surface area contributed by atoms with Crippen LogP contribution in [0.2, 0.25) is 0 Å². The molecule has 0 spiro atoms. The molecule has 1 N–H and O–H groups in total. The number of non-ortho nitro benzene ring substituents is 1. The second-order valence-electron chi connectivity index (χ2n) is 4.67. The highest BCUT2D eigenvalue weighted by Gasteiger charge is 2.18. The van der Waals surface area contributed by atoms with E-state index >= 15 is 0 Å². The van der Waals surface area contributed by atoms with Gasteiger partial charge in [-0.15, -0.1) is 0 Å². The van der Waals surface area contributed by atoms with Crippen molar-refractivity contribution in [3.8, 4) is 0 Å². The molecule has 0 aromatic heterocycles. The van der Waals surface area contributed by atoms with Gasteiger partial charge in [-0.3, -0.25) is 24.6 Å². The third-order valence-corrected chi connectivity index (χ3v) is 3.12. The lowest BCUT2D eigenvalue weighted by Crippen LogP contribution is -2.39. The van der Waals surface area contributed by atoms with Gasteiger partial charge in [0.1, 0.15) is 5.78 Å². The summed E-state index contributed by atoms with van der Waals surface area (Å²) >= 11 is 0. The molecule has 20 heavy (non-hydrogen) atoms. The van der Waals surface area contributed by atoms with Gasteiger partial charge >= 0.3 is 0 Å². The summed E-state index contributed by atoms with van der Waals surface area (Å²) in [5.41, 5.74) is 0.337. The summed E-state index contributed by atoms with van der Waals surface area (Å²) in [6.45, 7) is 1.36. The Morgan fingerprint density at radius 3 is 2.70 bits per heavy atom. The van der Waals surface area contributed by atoms with E-state index in [-0.39, 0.29) is 23.9 Å². The maximum absolute atomic E-state index is 11.8. The molecule has 1 fully saturated rings. The van der Waals surface area contributed by atoms with E-state index in [9.17, 15) is 19.7 Å². The molecule has 0 aliphatic carbocycles. The molecule has 1 aliphatic heterocycles. The van der Waals surface area contributed by atoms with Crippen LogP contribution in [0.25, 0.3) is 0 Å². The molecule has 0 atom stereocenters. The predicted octanol–water partition coefficient (Wildman–Crippen LogP) is 1.20. The van der Waals surface area contributed by atoms with Gasteiger partial charge in [0.05, 0.1) is 11.5 Å². The Morgan fingerprint density at radius 1 is 1.35 bits per heavy atom. The highest BCUT2D eigenvalue weighted by Crippen LogP contribution is 2.17. The Kier molecular flexibility index (Phi) is 4.41. The quantitative estimate of drug-likeness (QED) is 0.659. The fourth-order valence-electron chi connectivity index (χ4n) is 2.06. The second-order valence-corrected chi connectivity index (χ2v) is 4.67. The lowest BCUT2D eigenvalue weighted by molar-refractivity contribution is -0.384. The fraction of sp³-hybridized carbons (Fsp3) is 0.385. The number of anilines is 1. The van der Waals surface area contributed by atoms with Crippen LogP contribution >= 0.6 is 0 Å². The molecule has 1 saturated heterocycles. The van der Waals surface area contributed by atoms with Crippen LogP contribution in [0, 0.1) is 10.1 Å². The third-order valence-electron chi connectivity index (χ3n) is 3.12. The number of hydrogen-bond acceptors (Lipinski definition) is 5. The molecule has 2 rings (SSSR count). The number of nitro groups is 1. The number of nitro benzene ring substituents is 1. The molecule has 0 bridgehead atoms. The number of rotatable bonds is 4. The average Bonchev–Trinajstić information content (AvgIpc) is 2.41. The molecule has 106 valence electrons. The van der Waals surface area contributed by atoms with Gasteiger partial charge in [0, 0.05) is 43.8 Å². The first kappa shape index (κ1) is 14.1. The van der Waals surface area contributed by atoms with Crippen LogP contribution < -0.4 is 5.32 Å². The van der Waals surface area contributed by atoms with E-state index in [1.165, 1.54) is 18.2 Å². The van der Waals surface area contributed by atoms with Gasteiger partial charge in [0.25, 0.3) is 5.69 Å². The lowest BCUT2D eigenvalue weighted by Gasteiger charge is -2.24. The van der Waals surface area contributed by atoms with Crippen molar-refractivity contribution in [2.75, 3.05) is 25.0 Å². The van der Waals surface area contributed by atoms with Crippen LogP contribution in [0.1, 0.15) is 12.8 Å². The fourth-order valence-corrected chi connectivity index (χ4v) is 2.06. The molecule has 1 aromatic rings. The summed E-state index contributed by atoms with van der Waals surface area (Å²) in [5, 5.41) is 13.3.